The lowest BCUT2D eigenvalue weighted by molar-refractivity contribution is -0.130. The topological polar surface area (TPSA) is 20.3 Å². The smallest absolute Gasteiger partial charge is 0.222 e. The Kier molecular flexibility index (Phi) is 13.9. The van der Waals surface area contributed by atoms with Crippen LogP contribution in [0, 0.1) is 11.8 Å². The molecule has 0 unspecified atom stereocenters. The van der Waals surface area contributed by atoms with Crippen molar-refractivity contribution in [2.75, 3.05) is 13.6 Å². The molecule has 2 aliphatic rings. The molecular formula is C28H45Cl6NO. The maximum Gasteiger partial charge on any atom is 0.222 e. The summed E-state index contributed by atoms with van der Waals surface area (Å²) in [7, 11) is 1.90. The zero-order chi connectivity index (χ0) is 27.0. The number of rotatable bonds is 18. The van der Waals surface area contributed by atoms with E-state index in [0.717, 1.165) is 77.2 Å². The molecule has 0 saturated heterocycles. The molecular weight excluding hydrogens is 579 g/mol. The van der Waals surface area contributed by atoms with Crippen molar-refractivity contribution in [1.29, 1.82) is 0 Å². The van der Waals surface area contributed by atoms with Crippen molar-refractivity contribution in [3.63, 3.8) is 0 Å². The lowest BCUT2D eigenvalue weighted by Gasteiger charge is -2.37. The number of alkyl halides is 4. The minimum Gasteiger partial charge on any atom is -0.346 e. The van der Waals surface area contributed by atoms with Gasteiger partial charge in [0.25, 0.3) is 0 Å². The van der Waals surface area contributed by atoms with Crippen molar-refractivity contribution in [3.05, 3.63) is 10.1 Å². The number of allylic oxidation sites excluding steroid dienone is 2. The van der Waals surface area contributed by atoms with Gasteiger partial charge in [-0.05, 0) is 37.5 Å². The van der Waals surface area contributed by atoms with Gasteiger partial charge >= 0.3 is 0 Å². The maximum atomic E-state index is 12.2. The average molecular weight is 624 g/mol. The second-order valence-electron chi connectivity index (χ2n) is 10.9. The first kappa shape index (κ1) is 33.2. The highest BCUT2D eigenvalue weighted by Gasteiger charge is 2.81. The quantitative estimate of drug-likeness (QED) is 0.110. The van der Waals surface area contributed by atoms with Crippen molar-refractivity contribution in [1.82, 2.24) is 4.90 Å². The molecule has 1 saturated carbocycles. The molecule has 1 amide bonds. The molecule has 2 aliphatic carbocycles. The average Bonchev–Trinajstić information content (AvgIpc) is 3.04. The molecule has 8 heteroatoms. The van der Waals surface area contributed by atoms with Gasteiger partial charge in [-0.25, -0.2) is 0 Å². The van der Waals surface area contributed by atoms with E-state index in [2.05, 4.69) is 13.8 Å². The Morgan fingerprint density at radius 2 is 1.11 bits per heavy atom. The monoisotopic (exact) mass is 621 g/mol. The fraction of sp³-hybridized carbons (Fsp3) is 0.893. The van der Waals surface area contributed by atoms with Crippen LogP contribution in [0.25, 0.3) is 0 Å². The van der Waals surface area contributed by atoms with E-state index < -0.39 is 14.1 Å². The second kappa shape index (κ2) is 15.1. The number of hydrogen-bond donors (Lipinski definition) is 0. The molecule has 2 bridgehead atoms. The number of carbonyl (C=O) groups excluding carboxylic acids is 1. The maximum absolute atomic E-state index is 12.2. The second-order valence-corrected chi connectivity index (χ2v) is 14.1. The van der Waals surface area contributed by atoms with Gasteiger partial charge in [0.05, 0.1) is 10.1 Å². The fourth-order valence-corrected chi connectivity index (χ4v) is 9.18. The highest BCUT2D eigenvalue weighted by Crippen LogP contribution is 2.77. The summed E-state index contributed by atoms with van der Waals surface area (Å²) in [6, 6.07) is 0. The van der Waals surface area contributed by atoms with Crippen molar-refractivity contribution in [3.8, 4) is 0 Å². The number of nitrogens with zero attached hydrogens (tertiary/aromatic N) is 1. The van der Waals surface area contributed by atoms with E-state index >= 15 is 0 Å². The van der Waals surface area contributed by atoms with Crippen molar-refractivity contribution < 1.29 is 4.79 Å². The van der Waals surface area contributed by atoms with Crippen LogP contribution in [0.15, 0.2) is 10.1 Å². The standard InChI is InChI=1S/C28H45Cl6NO/c1-4-6-8-9-11-14-17-21-22(27(32)25(30)24(29)26(21,31)28(27,33)34)18-15-12-10-13-16-19-23(36)35(3)20-7-5-2/h21-22H,4-20H2,1-3H3/t21-,22+,26+,27+/m1/s1. The third-order valence-electron chi connectivity index (χ3n) is 8.30. The highest BCUT2D eigenvalue weighted by molar-refractivity contribution is 6.65. The van der Waals surface area contributed by atoms with Gasteiger partial charge in [-0.2, -0.15) is 0 Å². The van der Waals surface area contributed by atoms with Crippen LogP contribution in [0.3, 0.4) is 0 Å². The van der Waals surface area contributed by atoms with E-state index in [1.165, 1.54) is 25.7 Å². The van der Waals surface area contributed by atoms with Gasteiger partial charge in [0.15, 0.2) is 4.33 Å². The molecule has 1 fully saturated rings. The molecule has 36 heavy (non-hydrogen) atoms. The van der Waals surface area contributed by atoms with Crippen molar-refractivity contribution in [2.24, 2.45) is 11.8 Å². The minimum atomic E-state index is -1.45. The molecule has 0 radical (unpaired) electrons. The van der Waals surface area contributed by atoms with Gasteiger partial charge in [0, 0.05) is 20.0 Å². The predicted molar refractivity (Wildman–Crippen MR) is 160 cm³/mol. The molecule has 210 valence electrons. The first-order valence-corrected chi connectivity index (χ1v) is 16.3. The first-order chi connectivity index (χ1) is 17.0. The van der Waals surface area contributed by atoms with E-state index in [1.54, 1.807) is 0 Å². The third-order valence-corrected chi connectivity index (χ3v) is 12.6. The number of carbonyl (C=O) groups is 1. The Morgan fingerprint density at radius 3 is 1.58 bits per heavy atom. The number of halogens is 6. The van der Waals surface area contributed by atoms with Gasteiger partial charge < -0.3 is 4.90 Å². The number of unbranched alkanes of at least 4 members (excludes halogenated alkanes) is 10. The van der Waals surface area contributed by atoms with Crippen LogP contribution in [0.2, 0.25) is 0 Å². The fourth-order valence-electron chi connectivity index (χ4n) is 6.03. The van der Waals surface area contributed by atoms with E-state index in [-0.39, 0.29) is 17.7 Å². The van der Waals surface area contributed by atoms with Gasteiger partial charge in [-0.15, -0.1) is 23.2 Å². The molecule has 0 spiro atoms. The molecule has 0 heterocycles. The summed E-state index contributed by atoms with van der Waals surface area (Å²) < 4.78 is -1.45. The summed E-state index contributed by atoms with van der Waals surface area (Å²) in [5.74, 6) is 0.216. The molecule has 0 aromatic heterocycles. The van der Waals surface area contributed by atoms with Crippen molar-refractivity contribution in [2.45, 2.75) is 131 Å². The van der Waals surface area contributed by atoms with E-state index in [1.807, 2.05) is 11.9 Å². The Morgan fingerprint density at radius 1 is 0.694 bits per heavy atom. The molecule has 0 aliphatic heterocycles. The SMILES string of the molecule is CCCCCCCC[C@@H]1[C@H](CCCCCCCC(=O)N(C)CCCC)[C@]2(Cl)C(Cl)=C(Cl)[C@]1(Cl)C2(Cl)Cl. The van der Waals surface area contributed by atoms with Crippen LogP contribution in [0.4, 0.5) is 0 Å². The zero-order valence-electron chi connectivity index (χ0n) is 22.3. The van der Waals surface area contributed by atoms with Gasteiger partial charge in [-0.3, -0.25) is 4.79 Å². The van der Waals surface area contributed by atoms with Gasteiger partial charge in [0.1, 0.15) is 9.75 Å². The summed E-state index contributed by atoms with van der Waals surface area (Å²) in [5.41, 5.74) is 0. The van der Waals surface area contributed by atoms with Crippen LogP contribution < -0.4 is 0 Å². The number of amides is 1. The highest BCUT2D eigenvalue weighted by atomic mass is 35.5. The summed E-state index contributed by atoms with van der Waals surface area (Å²) >= 11 is 41.4. The summed E-state index contributed by atoms with van der Waals surface area (Å²) in [6.45, 7) is 5.22. The summed E-state index contributed by atoms with van der Waals surface area (Å²) in [5, 5.41) is 0.646. The molecule has 0 N–H and O–H groups in total. The predicted octanol–water partition coefficient (Wildman–Crippen LogP) is 10.8. The van der Waals surface area contributed by atoms with Crippen LogP contribution in [-0.2, 0) is 4.79 Å². The van der Waals surface area contributed by atoms with Crippen LogP contribution in [0.5, 0.6) is 0 Å². The summed E-state index contributed by atoms with van der Waals surface area (Å²) in [6.07, 6.45) is 16.9. The first-order valence-electron chi connectivity index (χ1n) is 14.1. The lowest BCUT2D eigenvalue weighted by Crippen LogP contribution is -2.44. The van der Waals surface area contributed by atoms with Crippen LogP contribution in [0.1, 0.15) is 117 Å². The lowest BCUT2D eigenvalue weighted by atomic mass is 9.76. The zero-order valence-corrected chi connectivity index (χ0v) is 26.8. The normalized spacial score (nSPS) is 28.8. The Balaban J connectivity index is 1.88. The van der Waals surface area contributed by atoms with E-state index in [0.29, 0.717) is 16.5 Å². The molecule has 0 aromatic rings. The molecule has 2 nitrogen and oxygen atoms in total. The van der Waals surface area contributed by atoms with Crippen molar-refractivity contribution >= 4 is 75.5 Å². The Bertz CT molecular complexity index is 744. The van der Waals surface area contributed by atoms with Crippen LogP contribution in [-0.4, -0.2) is 38.5 Å². The third kappa shape index (κ3) is 6.80. The minimum absolute atomic E-state index is 0.0101. The molecule has 2 rings (SSSR count). The Hall–Kier alpha value is 0.950. The van der Waals surface area contributed by atoms with Gasteiger partial charge in [-0.1, -0.05) is 131 Å². The number of fused-ring (bicyclic) bond motifs is 2. The number of hydrogen-bond acceptors (Lipinski definition) is 1. The molecule has 4 atom stereocenters. The Labute approximate surface area is 250 Å². The van der Waals surface area contributed by atoms with E-state index in [4.69, 9.17) is 69.6 Å². The van der Waals surface area contributed by atoms with Crippen LogP contribution >= 0.6 is 69.6 Å². The van der Waals surface area contributed by atoms with E-state index in [9.17, 15) is 4.79 Å². The van der Waals surface area contributed by atoms with Gasteiger partial charge in [0.2, 0.25) is 5.91 Å². The molecule has 0 aromatic carbocycles. The summed E-state index contributed by atoms with van der Waals surface area (Å²) in [4.78, 5) is 11.8. The largest absolute Gasteiger partial charge is 0.346 e.